The molecule has 0 spiro atoms. The second-order valence-corrected chi connectivity index (χ2v) is 10.9. The minimum atomic E-state index is -0.588. The summed E-state index contributed by atoms with van der Waals surface area (Å²) >= 11 is 0. The Morgan fingerprint density at radius 3 is 1.07 bits per heavy atom. The summed E-state index contributed by atoms with van der Waals surface area (Å²) in [7, 11) is 0. The summed E-state index contributed by atoms with van der Waals surface area (Å²) in [4.78, 5) is 43.9. The molecule has 8 heteroatoms. The Kier molecular flexibility index (Phi) is 8.41. The fourth-order valence-electron chi connectivity index (χ4n) is 1.49. The molecule has 0 amide bonds. The van der Waals surface area contributed by atoms with Crippen molar-refractivity contribution in [1.29, 1.82) is 0 Å². The van der Waals surface area contributed by atoms with Gasteiger partial charge in [-0.25, -0.2) is 0 Å². The molecule has 0 heterocycles. The summed E-state index contributed by atoms with van der Waals surface area (Å²) in [6.45, 7) is 22.2. The number of hydrogen-bond acceptors (Lipinski definition) is 8. The van der Waals surface area contributed by atoms with Gasteiger partial charge in [0.15, 0.2) is 5.75 Å². The average Bonchev–Trinajstić information content (AvgIpc) is 2.52. The van der Waals surface area contributed by atoms with E-state index in [0.29, 0.717) is 5.75 Å². The maximum absolute atomic E-state index is 5.56. The molecule has 0 radical (unpaired) electrons. The summed E-state index contributed by atoms with van der Waals surface area (Å²) in [5.74, 6) is 0.753. The van der Waals surface area contributed by atoms with E-state index in [1.54, 1.807) is 12.1 Å². The predicted molar refractivity (Wildman–Crippen MR) is 112 cm³/mol. The Balaban J connectivity index is 3.35. The van der Waals surface area contributed by atoms with Crippen molar-refractivity contribution in [3.63, 3.8) is 0 Å². The van der Waals surface area contributed by atoms with E-state index in [0.717, 1.165) is 0 Å². The van der Waals surface area contributed by atoms with E-state index >= 15 is 0 Å². The van der Waals surface area contributed by atoms with Crippen LogP contribution in [-0.2, 0) is 19.6 Å². The highest BCUT2D eigenvalue weighted by Gasteiger charge is 2.26. The lowest BCUT2D eigenvalue weighted by Gasteiger charge is -2.24. The molecule has 0 bridgehead atoms. The molecule has 0 aliphatic rings. The van der Waals surface area contributed by atoms with Crippen LogP contribution < -0.4 is 19.6 Å². The van der Waals surface area contributed by atoms with E-state index in [1.165, 1.54) is 0 Å². The van der Waals surface area contributed by atoms with E-state index < -0.39 is 22.4 Å². The third kappa shape index (κ3) is 11.4. The molecule has 1 aromatic rings. The van der Waals surface area contributed by atoms with Gasteiger partial charge in [0, 0.05) is 12.1 Å². The van der Waals surface area contributed by atoms with Crippen LogP contribution in [0.4, 0.5) is 0 Å². The Morgan fingerprint density at radius 1 is 0.433 bits per heavy atom. The van der Waals surface area contributed by atoms with Gasteiger partial charge in [-0.05, 0) is 83.1 Å². The second-order valence-electron chi connectivity index (χ2n) is 10.9. The number of benzene rings is 1. The molecule has 0 aliphatic carbocycles. The van der Waals surface area contributed by atoms with Crippen LogP contribution in [0.15, 0.2) is 12.1 Å². The second kappa shape index (κ2) is 9.60. The first-order valence-electron chi connectivity index (χ1n) is 9.95. The summed E-state index contributed by atoms with van der Waals surface area (Å²) in [6, 6.07) is 3.09. The van der Waals surface area contributed by atoms with Gasteiger partial charge in [-0.3, -0.25) is 0 Å². The zero-order valence-electron chi connectivity index (χ0n) is 20.4. The van der Waals surface area contributed by atoms with Crippen molar-refractivity contribution < 1.29 is 39.1 Å². The van der Waals surface area contributed by atoms with Gasteiger partial charge < -0.3 is 19.6 Å². The summed E-state index contributed by atoms with van der Waals surface area (Å²) in [5, 5.41) is 0. The molecule has 0 atom stereocenters. The van der Waals surface area contributed by atoms with Crippen molar-refractivity contribution in [1.82, 2.24) is 0 Å². The van der Waals surface area contributed by atoms with E-state index in [1.807, 2.05) is 83.1 Å². The number of rotatable bonds is 8. The van der Waals surface area contributed by atoms with Crippen molar-refractivity contribution in [2.24, 2.45) is 0 Å². The van der Waals surface area contributed by atoms with Gasteiger partial charge in [-0.1, -0.05) is 0 Å². The zero-order valence-corrected chi connectivity index (χ0v) is 20.4. The molecule has 30 heavy (non-hydrogen) atoms. The predicted octanol–water partition coefficient (Wildman–Crippen LogP) is 6.12. The van der Waals surface area contributed by atoms with Gasteiger partial charge >= 0.3 is 0 Å². The van der Waals surface area contributed by atoms with Crippen molar-refractivity contribution in [3.8, 4) is 23.0 Å². The normalized spacial score (nSPS) is 13.2. The van der Waals surface area contributed by atoms with Crippen LogP contribution in [0.5, 0.6) is 23.0 Å². The molecule has 1 rings (SSSR count). The zero-order chi connectivity index (χ0) is 23.4. The lowest BCUT2D eigenvalue weighted by atomic mass is 10.2. The molecule has 174 valence electrons. The maximum atomic E-state index is 5.56. The monoisotopic (exact) mass is 430 g/mol. The average molecular weight is 431 g/mol. The molecule has 0 fully saturated rings. The van der Waals surface area contributed by atoms with Gasteiger partial charge in [-0.15, -0.1) is 0 Å². The third-order valence-corrected chi connectivity index (χ3v) is 2.52. The summed E-state index contributed by atoms with van der Waals surface area (Å²) in [6.07, 6.45) is 0. The minimum Gasteiger partial charge on any atom is -0.337 e. The van der Waals surface area contributed by atoms with E-state index in [2.05, 4.69) is 0 Å². The minimum absolute atomic E-state index is 0.126. The van der Waals surface area contributed by atoms with Crippen molar-refractivity contribution in [2.45, 2.75) is 105 Å². The van der Waals surface area contributed by atoms with Crippen molar-refractivity contribution >= 4 is 0 Å². The lowest BCUT2D eigenvalue weighted by molar-refractivity contribution is -0.303. The Bertz CT molecular complexity index is 633. The molecular weight excluding hydrogens is 392 g/mol. The molecule has 0 saturated heterocycles. The van der Waals surface area contributed by atoms with Crippen LogP contribution in [0.2, 0.25) is 0 Å². The van der Waals surface area contributed by atoms with Gasteiger partial charge in [-0.2, -0.15) is 19.6 Å². The standard InChI is InChI=1S/C22H38O8/c1-19(2,3)27-23-15-13-16(24-28-20(4,5)6)18(26-30-22(10,11)12)17(14-15)25-29-21(7,8)9/h13-14H,1-12H3. The van der Waals surface area contributed by atoms with Crippen LogP contribution in [0.25, 0.3) is 0 Å². The highest BCUT2D eigenvalue weighted by molar-refractivity contribution is 5.55. The Labute approximate surface area is 180 Å². The topological polar surface area (TPSA) is 73.8 Å². The third-order valence-electron chi connectivity index (χ3n) is 2.52. The first-order valence-corrected chi connectivity index (χ1v) is 9.95. The van der Waals surface area contributed by atoms with Gasteiger partial charge in [0.2, 0.25) is 11.5 Å². The maximum Gasteiger partial charge on any atom is 0.257 e. The van der Waals surface area contributed by atoms with E-state index in [9.17, 15) is 0 Å². The van der Waals surface area contributed by atoms with Crippen LogP contribution in [0.1, 0.15) is 83.1 Å². The summed E-state index contributed by atoms with van der Waals surface area (Å²) < 4.78 is 0. The molecule has 0 unspecified atom stereocenters. The highest BCUT2D eigenvalue weighted by atomic mass is 17.2. The molecule has 1 aromatic carbocycles. The van der Waals surface area contributed by atoms with Crippen LogP contribution in [0, 0.1) is 0 Å². The van der Waals surface area contributed by atoms with Crippen LogP contribution in [-0.4, -0.2) is 22.4 Å². The molecule has 0 saturated carbocycles. The summed E-state index contributed by atoms with van der Waals surface area (Å²) in [5.41, 5.74) is -2.28. The molecular formula is C22H38O8. The van der Waals surface area contributed by atoms with Gasteiger partial charge in [0.05, 0.1) is 0 Å². The molecule has 0 aromatic heterocycles. The SMILES string of the molecule is CC(C)(C)OOc1cc(OOC(C)(C)C)c(OOC(C)(C)C)c(OOC(C)(C)C)c1. The highest BCUT2D eigenvalue weighted by Crippen LogP contribution is 2.43. The lowest BCUT2D eigenvalue weighted by Crippen LogP contribution is -2.24. The fourth-order valence-corrected chi connectivity index (χ4v) is 1.49. The Hall–Kier alpha value is -1.74. The quantitative estimate of drug-likeness (QED) is 0.361. The largest absolute Gasteiger partial charge is 0.337 e. The molecule has 0 N–H and O–H groups in total. The fraction of sp³-hybridized carbons (Fsp3) is 0.727. The van der Waals surface area contributed by atoms with Crippen molar-refractivity contribution in [2.75, 3.05) is 0 Å². The molecule has 0 aliphatic heterocycles. The van der Waals surface area contributed by atoms with Gasteiger partial charge in [0.1, 0.15) is 22.4 Å². The van der Waals surface area contributed by atoms with Crippen LogP contribution in [0.3, 0.4) is 0 Å². The van der Waals surface area contributed by atoms with E-state index in [4.69, 9.17) is 39.1 Å². The first-order chi connectivity index (χ1) is 13.3. The number of hydrogen-bond donors (Lipinski definition) is 0. The van der Waals surface area contributed by atoms with Gasteiger partial charge in [0.25, 0.3) is 5.75 Å². The first kappa shape index (κ1) is 26.3. The van der Waals surface area contributed by atoms with Crippen molar-refractivity contribution in [3.05, 3.63) is 12.1 Å². The Morgan fingerprint density at radius 2 is 0.733 bits per heavy atom. The molecule has 8 nitrogen and oxygen atoms in total. The van der Waals surface area contributed by atoms with Crippen LogP contribution >= 0.6 is 0 Å². The van der Waals surface area contributed by atoms with E-state index in [-0.39, 0.29) is 17.2 Å². The smallest absolute Gasteiger partial charge is 0.257 e.